The number of amides is 2. The molecule has 1 N–H and O–H groups in total. The molecule has 1 heterocycles. The first-order chi connectivity index (χ1) is 9.11. The Balaban J connectivity index is 2.09. The van der Waals surface area contributed by atoms with Crippen molar-refractivity contribution in [1.82, 2.24) is 4.90 Å². The third-order valence-corrected chi connectivity index (χ3v) is 4.04. The van der Waals surface area contributed by atoms with Gasteiger partial charge in [0.2, 0.25) is 0 Å². The Morgan fingerprint density at radius 3 is 3.00 bits per heavy atom. The molecule has 19 heavy (non-hydrogen) atoms. The van der Waals surface area contributed by atoms with Crippen molar-refractivity contribution in [2.75, 3.05) is 11.9 Å². The molecule has 0 bridgehead atoms. The minimum atomic E-state index is -0.00285. The van der Waals surface area contributed by atoms with Crippen LogP contribution >= 0.6 is 11.6 Å². The van der Waals surface area contributed by atoms with E-state index in [-0.39, 0.29) is 6.03 Å². The number of benzene rings is 1. The number of piperidine rings is 1. The second kappa shape index (κ2) is 6.29. The number of rotatable bonds is 2. The molecule has 0 aliphatic carbocycles. The van der Waals surface area contributed by atoms with Crippen LogP contribution in [-0.4, -0.2) is 23.5 Å². The minimum absolute atomic E-state index is 0.00285. The predicted molar refractivity (Wildman–Crippen MR) is 79.8 cm³/mol. The molecule has 104 valence electrons. The van der Waals surface area contributed by atoms with E-state index in [0.717, 1.165) is 37.1 Å². The van der Waals surface area contributed by atoms with Crippen LogP contribution in [0.25, 0.3) is 0 Å². The van der Waals surface area contributed by atoms with E-state index in [1.54, 1.807) is 6.07 Å². The highest BCUT2D eigenvalue weighted by atomic mass is 35.5. The number of nitrogens with zero attached hydrogens (tertiary/aromatic N) is 1. The average Bonchev–Trinajstić information content (AvgIpc) is 2.42. The van der Waals surface area contributed by atoms with E-state index in [2.05, 4.69) is 12.2 Å². The van der Waals surface area contributed by atoms with Crippen LogP contribution in [0.2, 0.25) is 5.02 Å². The van der Waals surface area contributed by atoms with Crippen molar-refractivity contribution in [3.8, 4) is 0 Å². The second-order valence-electron chi connectivity index (χ2n) is 5.14. The molecule has 0 radical (unpaired) electrons. The fraction of sp³-hybridized carbons (Fsp3) is 0.533. The van der Waals surface area contributed by atoms with E-state index in [1.165, 1.54) is 6.42 Å². The monoisotopic (exact) mass is 280 g/mol. The zero-order chi connectivity index (χ0) is 13.8. The van der Waals surface area contributed by atoms with Crippen LogP contribution in [-0.2, 0) is 0 Å². The number of nitrogens with one attached hydrogen (secondary N) is 1. The Labute approximate surface area is 119 Å². The molecule has 1 aromatic rings. The molecule has 0 aromatic heterocycles. The summed E-state index contributed by atoms with van der Waals surface area (Å²) in [5.74, 6) is 0. The molecule has 4 heteroatoms. The van der Waals surface area contributed by atoms with Crippen molar-refractivity contribution in [3.63, 3.8) is 0 Å². The van der Waals surface area contributed by atoms with Gasteiger partial charge in [0, 0.05) is 23.3 Å². The maximum absolute atomic E-state index is 12.4. The number of hydrogen-bond donors (Lipinski definition) is 1. The highest BCUT2D eigenvalue weighted by Gasteiger charge is 2.25. The highest BCUT2D eigenvalue weighted by molar-refractivity contribution is 6.31. The van der Waals surface area contributed by atoms with Crippen LogP contribution in [0, 0.1) is 6.92 Å². The average molecular weight is 281 g/mol. The van der Waals surface area contributed by atoms with Crippen molar-refractivity contribution in [2.45, 2.75) is 45.6 Å². The summed E-state index contributed by atoms with van der Waals surface area (Å²) >= 11 is 5.98. The lowest BCUT2D eigenvalue weighted by molar-refractivity contribution is 0.160. The van der Waals surface area contributed by atoms with Crippen molar-refractivity contribution >= 4 is 23.3 Å². The molecule has 1 aliphatic heterocycles. The topological polar surface area (TPSA) is 32.3 Å². The fourth-order valence-electron chi connectivity index (χ4n) is 2.61. The van der Waals surface area contributed by atoms with Gasteiger partial charge in [0.25, 0.3) is 0 Å². The van der Waals surface area contributed by atoms with Gasteiger partial charge in [0.15, 0.2) is 0 Å². The van der Waals surface area contributed by atoms with Gasteiger partial charge in [-0.1, -0.05) is 24.6 Å². The molecule has 2 amide bonds. The quantitative estimate of drug-likeness (QED) is 0.853. The SMILES string of the molecule is CC[C@@H]1CCCCN1C(=O)Nc1cc(Cl)ccc1C. The number of halogens is 1. The van der Waals surface area contributed by atoms with Crippen molar-refractivity contribution < 1.29 is 4.79 Å². The summed E-state index contributed by atoms with van der Waals surface area (Å²) in [4.78, 5) is 14.3. The minimum Gasteiger partial charge on any atom is -0.322 e. The lowest BCUT2D eigenvalue weighted by Crippen LogP contribution is -2.45. The van der Waals surface area contributed by atoms with E-state index >= 15 is 0 Å². The van der Waals surface area contributed by atoms with E-state index < -0.39 is 0 Å². The number of carbonyl (C=O) groups is 1. The lowest BCUT2D eigenvalue weighted by Gasteiger charge is -2.35. The summed E-state index contributed by atoms with van der Waals surface area (Å²) in [6.45, 7) is 4.96. The van der Waals surface area contributed by atoms with Crippen LogP contribution in [0.4, 0.5) is 10.5 Å². The summed E-state index contributed by atoms with van der Waals surface area (Å²) in [5, 5.41) is 3.63. The lowest BCUT2D eigenvalue weighted by atomic mass is 10.0. The Morgan fingerprint density at radius 1 is 1.47 bits per heavy atom. The molecule has 0 saturated carbocycles. The maximum Gasteiger partial charge on any atom is 0.322 e. The Morgan fingerprint density at radius 2 is 2.26 bits per heavy atom. The number of urea groups is 1. The summed E-state index contributed by atoms with van der Waals surface area (Å²) in [7, 11) is 0. The van der Waals surface area contributed by atoms with Crippen molar-refractivity contribution in [2.24, 2.45) is 0 Å². The number of aryl methyl sites for hydroxylation is 1. The molecule has 0 spiro atoms. The molecule has 1 atom stereocenters. The van der Waals surface area contributed by atoms with Gasteiger partial charge in [-0.05, 0) is 50.3 Å². The Hall–Kier alpha value is -1.22. The van der Waals surface area contributed by atoms with Gasteiger partial charge in [-0.25, -0.2) is 4.79 Å². The van der Waals surface area contributed by atoms with E-state index in [9.17, 15) is 4.79 Å². The van der Waals surface area contributed by atoms with Gasteiger partial charge in [-0.15, -0.1) is 0 Å². The molecule has 1 saturated heterocycles. The molecule has 3 nitrogen and oxygen atoms in total. The number of carbonyl (C=O) groups excluding carboxylic acids is 1. The number of likely N-dealkylation sites (tertiary alicyclic amines) is 1. The van der Waals surface area contributed by atoms with E-state index in [1.807, 2.05) is 24.0 Å². The molecule has 0 unspecified atom stereocenters. The fourth-order valence-corrected chi connectivity index (χ4v) is 2.78. The Kier molecular flexibility index (Phi) is 4.70. The van der Waals surface area contributed by atoms with Crippen LogP contribution in [0.1, 0.15) is 38.2 Å². The van der Waals surface area contributed by atoms with Gasteiger partial charge < -0.3 is 10.2 Å². The summed E-state index contributed by atoms with van der Waals surface area (Å²) in [5.41, 5.74) is 1.83. The molecular formula is C15H21ClN2O. The summed E-state index contributed by atoms with van der Waals surface area (Å²) in [6.07, 6.45) is 4.44. The van der Waals surface area contributed by atoms with Gasteiger partial charge in [0.1, 0.15) is 0 Å². The van der Waals surface area contributed by atoms with Crippen LogP contribution in [0.3, 0.4) is 0 Å². The van der Waals surface area contributed by atoms with Crippen LogP contribution < -0.4 is 5.32 Å². The smallest absolute Gasteiger partial charge is 0.322 e. The predicted octanol–water partition coefficient (Wildman–Crippen LogP) is 4.44. The molecule has 1 aromatic carbocycles. The third kappa shape index (κ3) is 3.41. The first-order valence-electron chi connectivity index (χ1n) is 6.95. The second-order valence-corrected chi connectivity index (χ2v) is 5.58. The molecule has 1 fully saturated rings. The van der Waals surface area contributed by atoms with Gasteiger partial charge in [0.05, 0.1) is 0 Å². The van der Waals surface area contributed by atoms with E-state index in [0.29, 0.717) is 11.1 Å². The Bertz CT molecular complexity index is 461. The van der Waals surface area contributed by atoms with Crippen molar-refractivity contribution in [3.05, 3.63) is 28.8 Å². The highest BCUT2D eigenvalue weighted by Crippen LogP contribution is 2.23. The van der Waals surface area contributed by atoms with Crippen LogP contribution in [0.5, 0.6) is 0 Å². The molecular weight excluding hydrogens is 260 g/mol. The first-order valence-corrected chi connectivity index (χ1v) is 7.33. The molecule has 2 rings (SSSR count). The summed E-state index contributed by atoms with van der Waals surface area (Å²) < 4.78 is 0. The standard InChI is InChI=1S/C15H21ClN2O/c1-3-13-6-4-5-9-18(13)15(19)17-14-10-12(16)8-7-11(14)2/h7-8,10,13H,3-6,9H2,1-2H3,(H,17,19)/t13-/m1/s1. The largest absolute Gasteiger partial charge is 0.322 e. The number of hydrogen-bond acceptors (Lipinski definition) is 1. The van der Waals surface area contributed by atoms with Gasteiger partial charge in [-0.3, -0.25) is 0 Å². The zero-order valence-electron chi connectivity index (χ0n) is 11.6. The van der Waals surface area contributed by atoms with Gasteiger partial charge >= 0.3 is 6.03 Å². The summed E-state index contributed by atoms with van der Waals surface area (Å²) in [6, 6.07) is 5.93. The first kappa shape index (κ1) is 14.2. The third-order valence-electron chi connectivity index (χ3n) is 3.80. The van der Waals surface area contributed by atoms with Gasteiger partial charge in [-0.2, -0.15) is 0 Å². The normalized spacial score (nSPS) is 19.3. The number of anilines is 1. The maximum atomic E-state index is 12.4. The zero-order valence-corrected chi connectivity index (χ0v) is 12.3. The van der Waals surface area contributed by atoms with Crippen molar-refractivity contribution in [1.29, 1.82) is 0 Å². The molecule has 1 aliphatic rings. The van der Waals surface area contributed by atoms with E-state index in [4.69, 9.17) is 11.6 Å². The van der Waals surface area contributed by atoms with Crippen LogP contribution in [0.15, 0.2) is 18.2 Å².